The second-order valence-corrected chi connectivity index (χ2v) is 3.23. The monoisotopic (exact) mass is 231 g/mol. The van der Waals surface area contributed by atoms with Crippen LogP contribution in [-0.2, 0) is 19.1 Å². The molecule has 16 heavy (non-hydrogen) atoms. The molecule has 0 fully saturated rings. The number of rotatable bonds is 9. The molecular weight excluding hydrogens is 210 g/mol. The number of hydroxylamine groups is 2. The minimum absolute atomic E-state index is 0.0451. The molecule has 0 rings (SSSR count). The third-order valence-corrected chi connectivity index (χ3v) is 1.94. The lowest BCUT2D eigenvalue weighted by atomic mass is 10.4. The Labute approximate surface area is 96.9 Å². The first-order chi connectivity index (χ1) is 7.65. The van der Waals surface area contributed by atoms with Gasteiger partial charge in [-0.1, -0.05) is 13.0 Å². The first kappa shape index (κ1) is 15.1. The first-order valence-electron chi connectivity index (χ1n) is 5.28. The standard InChI is InChI=1S/C11H21NO4/c1-5-7-15-8-10(6-2)16-9-11(13)12(3)14-4/h6,10H,2,5,7-9H2,1,3-4H3. The fraction of sp³-hybridized carbons (Fsp3) is 0.727. The van der Waals surface area contributed by atoms with E-state index in [0.717, 1.165) is 11.5 Å². The molecule has 0 N–H and O–H groups in total. The van der Waals surface area contributed by atoms with Gasteiger partial charge < -0.3 is 9.47 Å². The van der Waals surface area contributed by atoms with Crippen LogP contribution in [0.4, 0.5) is 0 Å². The first-order valence-corrected chi connectivity index (χ1v) is 5.28. The summed E-state index contributed by atoms with van der Waals surface area (Å²) >= 11 is 0. The number of likely N-dealkylation sites (N-methyl/N-ethyl adjacent to an activating group) is 1. The number of amides is 1. The normalized spacial score (nSPS) is 12.2. The number of carbonyl (C=O) groups excluding carboxylic acids is 1. The molecule has 0 aliphatic rings. The minimum atomic E-state index is -0.263. The Morgan fingerprint density at radius 1 is 1.56 bits per heavy atom. The van der Waals surface area contributed by atoms with Crippen LogP contribution < -0.4 is 0 Å². The summed E-state index contributed by atoms with van der Waals surface area (Å²) in [6.07, 6.45) is 2.31. The van der Waals surface area contributed by atoms with Gasteiger partial charge in [0.05, 0.1) is 19.8 Å². The Kier molecular flexibility index (Phi) is 8.80. The maximum atomic E-state index is 11.3. The van der Waals surface area contributed by atoms with E-state index in [2.05, 4.69) is 6.58 Å². The highest BCUT2D eigenvalue weighted by Gasteiger charge is 2.11. The highest BCUT2D eigenvalue weighted by atomic mass is 16.7. The molecule has 0 saturated carbocycles. The summed E-state index contributed by atoms with van der Waals surface area (Å²) in [5.74, 6) is -0.246. The van der Waals surface area contributed by atoms with E-state index in [4.69, 9.17) is 14.3 Å². The van der Waals surface area contributed by atoms with Crippen molar-refractivity contribution in [1.82, 2.24) is 5.06 Å². The summed E-state index contributed by atoms with van der Waals surface area (Å²) in [4.78, 5) is 16.0. The highest BCUT2D eigenvalue weighted by Crippen LogP contribution is 1.97. The average Bonchev–Trinajstić information content (AvgIpc) is 2.32. The molecule has 0 spiro atoms. The van der Waals surface area contributed by atoms with Crippen LogP contribution in [0, 0.1) is 0 Å². The summed E-state index contributed by atoms with van der Waals surface area (Å²) < 4.78 is 10.6. The summed E-state index contributed by atoms with van der Waals surface area (Å²) in [6, 6.07) is 0. The summed E-state index contributed by atoms with van der Waals surface area (Å²) in [5, 5.41) is 1.12. The van der Waals surface area contributed by atoms with Crippen molar-refractivity contribution in [3.05, 3.63) is 12.7 Å². The molecule has 0 aliphatic heterocycles. The highest BCUT2D eigenvalue weighted by molar-refractivity contribution is 5.76. The quantitative estimate of drug-likeness (QED) is 0.337. The molecule has 0 aromatic rings. The molecule has 0 radical (unpaired) electrons. The Morgan fingerprint density at radius 3 is 2.75 bits per heavy atom. The molecule has 0 bridgehead atoms. The van der Waals surface area contributed by atoms with Crippen LogP contribution in [0.2, 0.25) is 0 Å². The minimum Gasteiger partial charge on any atom is -0.378 e. The Hall–Kier alpha value is -0.910. The van der Waals surface area contributed by atoms with Crippen molar-refractivity contribution in [2.24, 2.45) is 0 Å². The van der Waals surface area contributed by atoms with Gasteiger partial charge in [-0.25, -0.2) is 5.06 Å². The lowest BCUT2D eigenvalue weighted by Gasteiger charge is -2.17. The fourth-order valence-electron chi connectivity index (χ4n) is 0.899. The molecule has 5 nitrogen and oxygen atoms in total. The van der Waals surface area contributed by atoms with E-state index in [1.54, 1.807) is 6.08 Å². The number of ether oxygens (including phenoxy) is 2. The lowest BCUT2D eigenvalue weighted by Crippen LogP contribution is -2.31. The van der Waals surface area contributed by atoms with Gasteiger partial charge in [0.2, 0.25) is 0 Å². The molecule has 0 heterocycles. The molecule has 94 valence electrons. The zero-order chi connectivity index (χ0) is 12.4. The van der Waals surface area contributed by atoms with Crippen molar-refractivity contribution >= 4 is 5.91 Å². The van der Waals surface area contributed by atoms with E-state index in [0.29, 0.717) is 13.2 Å². The number of hydrogen-bond donors (Lipinski definition) is 0. The maximum Gasteiger partial charge on any atom is 0.271 e. The summed E-state index contributed by atoms with van der Waals surface area (Å²) in [7, 11) is 2.95. The van der Waals surface area contributed by atoms with Crippen LogP contribution in [0.25, 0.3) is 0 Å². The Morgan fingerprint density at radius 2 is 2.25 bits per heavy atom. The predicted octanol–water partition coefficient (Wildman–Crippen LogP) is 1.00. The number of hydrogen-bond acceptors (Lipinski definition) is 4. The molecule has 1 atom stereocenters. The lowest BCUT2D eigenvalue weighted by molar-refractivity contribution is -0.175. The van der Waals surface area contributed by atoms with Gasteiger partial charge in [-0.2, -0.15) is 0 Å². The van der Waals surface area contributed by atoms with E-state index in [1.807, 2.05) is 6.92 Å². The Bertz CT molecular complexity index is 208. The molecule has 0 aromatic heterocycles. The van der Waals surface area contributed by atoms with Gasteiger partial charge in [0.1, 0.15) is 6.61 Å². The van der Waals surface area contributed by atoms with Crippen molar-refractivity contribution in [2.45, 2.75) is 19.4 Å². The van der Waals surface area contributed by atoms with Crippen molar-refractivity contribution in [3.8, 4) is 0 Å². The van der Waals surface area contributed by atoms with Gasteiger partial charge in [-0.05, 0) is 6.42 Å². The van der Waals surface area contributed by atoms with Gasteiger partial charge in [0, 0.05) is 13.7 Å². The smallest absolute Gasteiger partial charge is 0.271 e. The fourth-order valence-corrected chi connectivity index (χ4v) is 0.899. The van der Waals surface area contributed by atoms with Crippen LogP contribution in [-0.4, -0.2) is 51.1 Å². The van der Waals surface area contributed by atoms with Crippen LogP contribution in [0.15, 0.2) is 12.7 Å². The van der Waals surface area contributed by atoms with E-state index in [1.165, 1.54) is 14.2 Å². The third-order valence-electron chi connectivity index (χ3n) is 1.94. The molecule has 0 aromatic carbocycles. The van der Waals surface area contributed by atoms with Crippen molar-refractivity contribution in [3.63, 3.8) is 0 Å². The second-order valence-electron chi connectivity index (χ2n) is 3.23. The van der Waals surface area contributed by atoms with Crippen LogP contribution in [0.3, 0.4) is 0 Å². The van der Waals surface area contributed by atoms with Gasteiger partial charge in [-0.3, -0.25) is 9.63 Å². The zero-order valence-electron chi connectivity index (χ0n) is 10.3. The summed E-state index contributed by atoms with van der Waals surface area (Å²) in [6.45, 7) is 6.70. The molecule has 0 saturated heterocycles. The average molecular weight is 231 g/mol. The summed E-state index contributed by atoms with van der Waals surface area (Å²) in [5.41, 5.74) is 0. The number of nitrogens with zero attached hydrogens (tertiary/aromatic N) is 1. The largest absolute Gasteiger partial charge is 0.378 e. The van der Waals surface area contributed by atoms with E-state index < -0.39 is 0 Å². The molecule has 5 heteroatoms. The second kappa shape index (κ2) is 9.33. The number of carbonyl (C=O) groups is 1. The molecule has 0 aliphatic carbocycles. The van der Waals surface area contributed by atoms with Crippen LogP contribution in [0.5, 0.6) is 0 Å². The molecular formula is C11H21NO4. The predicted molar refractivity (Wildman–Crippen MR) is 60.8 cm³/mol. The van der Waals surface area contributed by atoms with E-state index in [9.17, 15) is 4.79 Å². The third kappa shape index (κ3) is 6.55. The van der Waals surface area contributed by atoms with E-state index in [-0.39, 0.29) is 18.6 Å². The van der Waals surface area contributed by atoms with Crippen LogP contribution in [0.1, 0.15) is 13.3 Å². The van der Waals surface area contributed by atoms with Crippen molar-refractivity contribution in [1.29, 1.82) is 0 Å². The van der Waals surface area contributed by atoms with Gasteiger partial charge in [-0.15, -0.1) is 6.58 Å². The van der Waals surface area contributed by atoms with Crippen molar-refractivity contribution in [2.75, 3.05) is 34.0 Å². The van der Waals surface area contributed by atoms with Gasteiger partial charge in [0.15, 0.2) is 0 Å². The molecule has 1 unspecified atom stereocenters. The topological polar surface area (TPSA) is 48.0 Å². The molecule has 1 amide bonds. The van der Waals surface area contributed by atoms with Crippen molar-refractivity contribution < 1.29 is 19.1 Å². The van der Waals surface area contributed by atoms with Crippen LogP contribution >= 0.6 is 0 Å². The van der Waals surface area contributed by atoms with E-state index >= 15 is 0 Å². The SMILES string of the molecule is C=CC(COCCC)OCC(=O)N(C)OC. The Balaban J connectivity index is 3.77. The zero-order valence-corrected chi connectivity index (χ0v) is 10.3. The van der Waals surface area contributed by atoms with Gasteiger partial charge in [0.25, 0.3) is 5.91 Å². The van der Waals surface area contributed by atoms with Gasteiger partial charge >= 0.3 is 0 Å². The maximum absolute atomic E-state index is 11.3.